The van der Waals surface area contributed by atoms with Crippen molar-refractivity contribution in [1.82, 2.24) is 15.3 Å². The zero-order valence-electron chi connectivity index (χ0n) is 13.4. The van der Waals surface area contributed by atoms with Crippen LogP contribution >= 0.6 is 0 Å². The second-order valence-electron chi connectivity index (χ2n) is 6.23. The maximum atomic E-state index is 5.72. The minimum absolute atomic E-state index is 0.0924. The number of aryl methyl sites for hydroxylation is 2. The molecule has 4 nitrogen and oxygen atoms in total. The van der Waals surface area contributed by atoms with Gasteiger partial charge in [0.2, 0.25) is 5.88 Å². The van der Waals surface area contributed by atoms with Crippen LogP contribution in [0.5, 0.6) is 11.6 Å². The molecule has 0 aliphatic rings. The second kappa shape index (κ2) is 6.22. The summed E-state index contributed by atoms with van der Waals surface area (Å²) in [6.07, 6.45) is 1.71. The molecule has 2 rings (SSSR count). The number of nitrogens with zero attached hydrogens (tertiary/aromatic N) is 2. The molecular weight excluding hydrogens is 262 g/mol. The van der Waals surface area contributed by atoms with E-state index in [0.717, 1.165) is 17.9 Å². The molecule has 0 aliphatic carbocycles. The Morgan fingerprint density at radius 1 is 1.10 bits per heavy atom. The quantitative estimate of drug-likeness (QED) is 0.928. The molecule has 1 N–H and O–H groups in total. The molecule has 0 fully saturated rings. The van der Waals surface area contributed by atoms with Crippen LogP contribution in [0.1, 0.15) is 37.7 Å². The van der Waals surface area contributed by atoms with Crippen LogP contribution in [0.4, 0.5) is 0 Å². The Morgan fingerprint density at radius 3 is 2.43 bits per heavy atom. The Labute approximate surface area is 126 Å². The summed E-state index contributed by atoms with van der Waals surface area (Å²) in [6.45, 7) is 11.2. The summed E-state index contributed by atoms with van der Waals surface area (Å²) in [6, 6.07) is 7.77. The maximum absolute atomic E-state index is 5.72. The van der Waals surface area contributed by atoms with Gasteiger partial charge in [-0.25, -0.2) is 4.98 Å². The van der Waals surface area contributed by atoms with Gasteiger partial charge in [-0.3, -0.25) is 4.98 Å². The molecular formula is C17H23N3O. The van der Waals surface area contributed by atoms with Crippen molar-refractivity contribution < 1.29 is 4.74 Å². The highest BCUT2D eigenvalue weighted by Crippen LogP contribution is 2.20. The van der Waals surface area contributed by atoms with Gasteiger partial charge in [0.15, 0.2) is 0 Å². The average molecular weight is 285 g/mol. The summed E-state index contributed by atoms with van der Waals surface area (Å²) in [5, 5.41) is 3.46. The largest absolute Gasteiger partial charge is 0.437 e. The lowest BCUT2D eigenvalue weighted by Gasteiger charge is -2.21. The average Bonchev–Trinajstić information content (AvgIpc) is 2.39. The van der Waals surface area contributed by atoms with E-state index in [0.29, 0.717) is 11.6 Å². The molecule has 21 heavy (non-hydrogen) atoms. The summed E-state index contributed by atoms with van der Waals surface area (Å²) in [7, 11) is 0. The normalized spacial score (nSPS) is 11.5. The molecule has 2 heterocycles. The molecule has 0 atom stereocenters. The van der Waals surface area contributed by atoms with Crippen LogP contribution in [0.25, 0.3) is 0 Å². The third kappa shape index (κ3) is 4.83. The molecule has 2 aromatic rings. The van der Waals surface area contributed by atoms with Gasteiger partial charge in [0.25, 0.3) is 0 Å². The van der Waals surface area contributed by atoms with E-state index in [1.165, 1.54) is 5.56 Å². The van der Waals surface area contributed by atoms with Crippen molar-refractivity contribution in [3.8, 4) is 11.6 Å². The molecule has 0 aromatic carbocycles. The van der Waals surface area contributed by atoms with E-state index in [9.17, 15) is 0 Å². The van der Waals surface area contributed by atoms with Gasteiger partial charge in [0.1, 0.15) is 5.75 Å². The molecule has 0 bridgehead atoms. The first-order valence-electron chi connectivity index (χ1n) is 7.15. The fourth-order valence-corrected chi connectivity index (χ4v) is 1.81. The molecule has 0 aliphatic heterocycles. The molecule has 0 radical (unpaired) electrons. The van der Waals surface area contributed by atoms with E-state index in [1.807, 2.05) is 32.0 Å². The Balaban J connectivity index is 2.06. The molecule has 0 saturated heterocycles. The monoisotopic (exact) mass is 285 g/mol. The van der Waals surface area contributed by atoms with Crippen molar-refractivity contribution in [3.05, 3.63) is 47.4 Å². The van der Waals surface area contributed by atoms with E-state index < -0.39 is 0 Å². The summed E-state index contributed by atoms with van der Waals surface area (Å²) in [4.78, 5) is 8.71. The number of rotatable bonds is 4. The first-order valence-corrected chi connectivity index (χ1v) is 7.15. The molecule has 0 spiro atoms. The lowest BCUT2D eigenvalue weighted by Crippen LogP contribution is -2.35. The number of hydrogen-bond donors (Lipinski definition) is 1. The van der Waals surface area contributed by atoms with Gasteiger partial charge < -0.3 is 10.1 Å². The van der Waals surface area contributed by atoms with Crippen LogP contribution in [0, 0.1) is 13.8 Å². The first-order chi connectivity index (χ1) is 9.83. The fourth-order valence-electron chi connectivity index (χ4n) is 1.81. The summed E-state index contributed by atoms with van der Waals surface area (Å²) in [5.74, 6) is 1.30. The second-order valence-corrected chi connectivity index (χ2v) is 6.23. The van der Waals surface area contributed by atoms with Crippen molar-refractivity contribution >= 4 is 0 Å². The van der Waals surface area contributed by atoms with Crippen LogP contribution in [0.15, 0.2) is 30.5 Å². The van der Waals surface area contributed by atoms with Gasteiger partial charge in [-0.05, 0) is 52.3 Å². The van der Waals surface area contributed by atoms with E-state index >= 15 is 0 Å². The number of ether oxygens (including phenoxy) is 1. The van der Waals surface area contributed by atoms with Crippen molar-refractivity contribution in [3.63, 3.8) is 0 Å². The maximum Gasteiger partial charge on any atom is 0.219 e. The Hall–Kier alpha value is -1.94. The van der Waals surface area contributed by atoms with Gasteiger partial charge in [0, 0.05) is 29.5 Å². The lowest BCUT2D eigenvalue weighted by molar-refractivity contribution is 0.422. The molecule has 112 valence electrons. The zero-order valence-corrected chi connectivity index (χ0v) is 13.4. The third-order valence-corrected chi connectivity index (χ3v) is 3.09. The van der Waals surface area contributed by atoms with E-state index in [4.69, 9.17) is 4.74 Å². The van der Waals surface area contributed by atoms with Crippen LogP contribution in [0.2, 0.25) is 0 Å². The number of pyridine rings is 2. The van der Waals surface area contributed by atoms with Crippen LogP contribution in [0.3, 0.4) is 0 Å². The third-order valence-electron chi connectivity index (χ3n) is 3.09. The Bertz CT molecular complexity index is 600. The van der Waals surface area contributed by atoms with Gasteiger partial charge in [-0.15, -0.1) is 0 Å². The molecule has 4 heteroatoms. The van der Waals surface area contributed by atoms with Crippen molar-refractivity contribution in [1.29, 1.82) is 0 Å². The highest BCUT2D eigenvalue weighted by atomic mass is 16.5. The highest BCUT2D eigenvalue weighted by molar-refractivity contribution is 5.29. The van der Waals surface area contributed by atoms with Gasteiger partial charge in [0.05, 0.1) is 6.20 Å². The van der Waals surface area contributed by atoms with Gasteiger partial charge in [-0.1, -0.05) is 6.07 Å². The van der Waals surface area contributed by atoms with Crippen LogP contribution in [-0.4, -0.2) is 15.5 Å². The first kappa shape index (κ1) is 15.4. The fraction of sp³-hybridized carbons (Fsp3) is 0.412. The Kier molecular flexibility index (Phi) is 4.58. The minimum atomic E-state index is 0.0924. The predicted octanol–water partition coefficient (Wildman–Crippen LogP) is 3.77. The highest BCUT2D eigenvalue weighted by Gasteiger charge is 2.10. The molecule has 0 saturated carbocycles. The predicted molar refractivity (Wildman–Crippen MR) is 84.6 cm³/mol. The number of aromatic nitrogens is 2. The van der Waals surface area contributed by atoms with E-state index in [1.54, 1.807) is 6.20 Å². The van der Waals surface area contributed by atoms with Gasteiger partial charge in [-0.2, -0.15) is 0 Å². The minimum Gasteiger partial charge on any atom is -0.437 e. The van der Waals surface area contributed by atoms with Gasteiger partial charge >= 0.3 is 0 Å². The van der Waals surface area contributed by atoms with Crippen molar-refractivity contribution in [2.75, 3.05) is 0 Å². The van der Waals surface area contributed by atoms with E-state index in [-0.39, 0.29) is 5.54 Å². The van der Waals surface area contributed by atoms with E-state index in [2.05, 4.69) is 42.1 Å². The van der Waals surface area contributed by atoms with Crippen LogP contribution in [-0.2, 0) is 6.54 Å². The molecule has 2 aromatic heterocycles. The number of hydrogen-bond acceptors (Lipinski definition) is 4. The Morgan fingerprint density at radius 2 is 1.86 bits per heavy atom. The zero-order chi connectivity index (χ0) is 15.5. The summed E-state index contributed by atoms with van der Waals surface area (Å²) >= 11 is 0. The summed E-state index contributed by atoms with van der Waals surface area (Å²) in [5.41, 5.74) is 3.22. The smallest absolute Gasteiger partial charge is 0.219 e. The standard InChI is InChI=1S/C17H23N3O/c1-12-6-8-15(11-18-12)21-16-9-7-14(13(2)20-16)10-19-17(3,4)5/h6-9,11,19H,10H2,1-5H3. The van der Waals surface area contributed by atoms with Crippen LogP contribution < -0.4 is 10.1 Å². The molecule has 0 unspecified atom stereocenters. The lowest BCUT2D eigenvalue weighted by atomic mass is 10.1. The molecule has 0 amide bonds. The number of nitrogens with one attached hydrogen (secondary N) is 1. The van der Waals surface area contributed by atoms with Crippen molar-refractivity contribution in [2.24, 2.45) is 0 Å². The SMILES string of the molecule is Cc1ccc(Oc2ccc(CNC(C)(C)C)c(C)n2)cn1. The topological polar surface area (TPSA) is 47.0 Å². The van der Waals surface area contributed by atoms with Crippen molar-refractivity contribution in [2.45, 2.75) is 46.7 Å². The summed E-state index contributed by atoms with van der Waals surface area (Å²) < 4.78 is 5.72.